The Balaban J connectivity index is 1.61. The molecule has 0 aliphatic heterocycles. The lowest BCUT2D eigenvalue weighted by Crippen LogP contribution is -2.00. The van der Waals surface area contributed by atoms with E-state index < -0.39 is 40.6 Å². The molecule has 3 N–H and O–H groups in total. The Morgan fingerprint density at radius 1 is 0.909 bits per heavy atom. The second-order valence-corrected chi connectivity index (χ2v) is 6.83. The van der Waals surface area contributed by atoms with Crippen molar-refractivity contribution in [1.82, 2.24) is 24.7 Å². The molecule has 33 heavy (non-hydrogen) atoms. The fraction of sp³-hybridized carbons (Fsp3) is 0. The van der Waals surface area contributed by atoms with Crippen LogP contribution in [0.5, 0.6) is 11.5 Å². The lowest BCUT2D eigenvalue weighted by Gasteiger charge is -2.10. The molecule has 0 radical (unpaired) electrons. The molecule has 0 atom stereocenters. The summed E-state index contributed by atoms with van der Waals surface area (Å²) in [5.41, 5.74) is 6.96. The molecule has 5 rings (SSSR count). The number of nitrogens with two attached hydrogens (primary N) is 1. The quantitative estimate of drug-likeness (QED) is 0.296. The van der Waals surface area contributed by atoms with Crippen molar-refractivity contribution in [2.75, 3.05) is 5.73 Å². The zero-order valence-corrected chi connectivity index (χ0v) is 16.3. The van der Waals surface area contributed by atoms with Gasteiger partial charge in [-0.3, -0.25) is 0 Å². The summed E-state index contributed by atoms with van der Waals surface area (Å²) in [6.07, 6.45) is 4.54. The van der Waals surface area contributed by atoms with Crippen molar-refractivity contribution < 1.29 is 26.7 Å². The minimum absolute atomic E-state index is 0.0413. The molecule has 0 aliphatic carbocycles. The lowest BCUT2D eigenvalue weighted by atomic mass is 10.1. The normalized spacial score (nSPS) is 11.3. The maximum absolute atomic E-state index is 15.1. The van der Waals surface area contributed by atoms with E-state index in [1.165, 1.54) is 17.1 Å². The molecule has 0 saturated carbocycles. The zero-order chi connectivity index (χ0) is 23.3. The summed E-state index contributed by atoms with van der Waals surface area (Å²) in [5, 5.41) is 4.68. The number of hydrogen-bond donors (Lipinski definition) is 2. The van der Waals surface area contributed by atoms with Crippen LogP contribution in [0.25, 0.3) is 28.0 Å². The van der Waals surface area contributed by atoms with Crippen LogP contribution in [0.15, 0.2) is 49.1 Å². The van der Waals surface area contributed by atoms with Crippen molar-refractivity contribution >= 4 is 16.9 Å². The van der Waals surface area contributed by atoms with Gasteiger partial charge >= 0.3 is 0 Å². The first-order chi connectivity index (χ1) is 15.8. The topological polar surface area (TPSA) is 94.6 Å². The van der Waals surface area contributed by atoms with Crippen LogP contribution in [0.3, 0.4) is 0 Å². The molecule has 0 fully saturated rings. The summed E-state index contributed by atoms with van der Waals surface area (Å²) in [7, 11) is 0. The first kappa shape index (κ1) is 20.4. The second-order valence-electron chi connectivity index (χ2n) is 6.83. The number of aromatic amines is 1. The Kier molecular flexibility index (Phi) is 4.69. The van der Waals surface area contributed by atoms with Gasteiger partial charge in [-0.2, -0.15) is 13.9 Å². The molecule has 0 bridgehead atoms. The number of nitrogens with one attached hydrogen (secondary N) is 1. The Bertz CT molecular complexity index is 1490. The van der Waals surface area contributed by atoms with E-state index >= 15 is 4.39 Å². The summed E-state index contributed by atoms with van der Waals surface area (Å²) < 4.78 is 76.0. The zero-order valence-electron chi connectivity index (χ0n) is 16.3. The number of ether oxygens (including phenoxy) is 1. The number of hydrogen-bond acceptors (Lipinski definition) is 5. The number of rotatable bonds is 4. The van der Waals surface area contributed by atoms with Crippen LogP contribution in [0, 0.1) is 29.1 Å². The van der Waals surface area contributed by atoms with Crippen LogP contribution in [0.4, 0.5) is 27.8 Å². The van der Waals surface area contributed by atoms with Gasteiger partial charge in [-0.1, -0.05) is 0 Å². The van der Waals surface area contributed by atoms with Crippen molar-refractivity contribution in [2.45, 2.75) is 0 Å². The molecular formula is C21H11F5N6O. The van der Waals surface area contributed by atoms with Gasteiger partial charge in [-0.25, -0.2) is 27.8 Å². The fourth-order valence-corrected chi connectivity index (χ4v) is 3.30. The molecule has 0 aliphatic rings. The van der Waals surface area contributed by atoms with Gasteiger partial charge in [-0.15, -0.1) is 0 Å². The highest BCUT2D eigenvalue weighted by Gasteiger charge is 2.23. The number of aromatic nitrogens is 5. The van der Waals surface area contributed by atoms with Gasteiger partial charge in [0.05, 0.1) is 11.1 Å². The van der Waals surface area contributed by atoms with E-state index in [0.717, 1.165) is 12.1 Å². The highest BCUT2D eigenvalue weighted by molar-refractivity contribution is 5.99. The van der Waals surface area contributed by atoms with Crippen LogP contribution in [-0.4, -0.2) is 24.7 Å². The Morgan fingerprint density at radius 2 is 1.67 bits per heavy atom. The monoisotopic (exact) mass is 458 g/mol. The van der Waals surface area contributed by atoms with Gasteiger partial charge in [0.1, 0.15) is 29.4 Å². The highest BCUT2D eigenvalue weighted by Crippen LogP contribution is 2.36. The molecular weight excluding hydrogens is 447 g/mol. The molecule has 166 valence electrons. The number of benzene rings is 2. The Morgan fingerprint density at radius 3 is 2.33 bits per heavy atom. The Labute approximate surface area is 181 Å². The number of halogens is 5. The van der Waals surface area contributed by atoms with Crippen molar-refractivity contribution in [2.24, 2.45) is 0 Å². The smallest absolute Gasteiger partial charge is 0.204 e. The van der Waals surface area contributed by atoms with Crippen LogP contribution in [-0.2, 0) is 0 Å². The van der Waals surface area contributed by atoms with Crippen LogP contribution < -0.4 is 10.5 Å². The van der Waals surface area contributed by atoms with Crippen molar-refractivity contribution in [1.29, 1.82) is 0 Å². The molecule has 12 heteroatoms. The summed E-state index contributed by atoms with van der Waals surface area (Å²) in [5.74, 6) is -9.40. The minimum Gasteiger partial charge on any atom is -0.451 e. The third-order valence-electron chi connectivity index (χ3n) is 4.81. The number of nitrogens with zero attached hydrogens (tertiary/aromatic N) is 4. The van der Waals surface area contributed by atoms with E-state index in [1.54, 1.807) is 18.5 Å². The summed E-state index contributed by atoms with van der Waals surface area (Å²) >= 11 is 0. The van der Waals surface area contributed by atoms with Crippen LogP contribution in [0.1, 0.15) is 0 Å². The van der Waals surface area contributed by atoms with Crippen molar-refractivity contribution in [3.63, 3.8) is 0 Å². The SMILES string of the molecule is Nc1ncnc2c1c(-c1ccc(Oc3c(F)c(F)cc(F)c3F)cc1F)nn2-c1cc[nH]c1. The van der Waals surface area contributed by atoms with Crippen LogP contribution in [0.2, 0.25) is 0 Å². The molecule has 3 aromatic heterocycles. The Hall–Kier alpha value is -4.48. The van der Waals surface area contributed by atoms with Crippen molar-refractivity contribution in [3.8, 4) is 28.4 Å². The first-order valence-corrected chi connectivity index (χ1v) is 9.28. The molecule has 3 heterocycles. The number of nitrogen functional groups attached to an aromatic ring is 1. The van der Waals surface area contributed by atoms with Gasteiger partial charge in [0.25, 0.3) is 0 Å². The van der Waals surface area contributed by atoms with Crippen LogP contribution >= 0.6 is 0 Å². The largest absolute Gasteiger partial charge is 0.451 e. The maximum Gasteiger partial charge on any atom is 0.204 e. The first-order valence-electron chi connectivity index (χ1n) is 9.28. The predicted molar refractivity (Wildman–Crippen MR) is 107 cm³/mol. The number of H-pyrrole nitrogens is 1. The lowest BCUT2D eigenvalue weighted by molar-refractivity contribution is 0.365. The average molecular weight is 458 g/mol. The summed E-state index contributed by atoms with van der Waals surface area (Å²) in [6.45, 7) is 0. The molecule has 0 saturated heterocycles. The van der Waals surface area contributed by atoms with E-state index in [0.29, 0.717) is 11.3 Å². The van der Waals surface area contributed by atoms with Gasteiger partial charge in [0, 0.05) is 30.1 Å². The molecule has 0 spiro atoms. The molecule has 0 unspecified atom stereocenters. The third kappa shape index (κ3) is 3.32. The summed E-state index contributed by atoms with van der Waals surface area (Å²) in [6, 6.07) is 4.91. The van der Waals surface area contributed by atoms with Gasteiger partial charge < -0.3 is 15.5 Å². The number of anilines is 1. The molecule has 0 amide bonds. The van der Waals surface area contributed by atoms with E-state index in [4.69, 9.17) is 10.5 Å². The fourth-order valence-electron chi connectivity index (χ4n) is 3.30. The second kappa shape index (κ2) is 7.58. The van der Waals surface area contributed by atoms with Gasteiger partial charge in [0.15, 0.2) is 17.3 Å². The van der Waals surface area contributed by atoms with E-state index in [1.807, 2.05) is 0 Å². The molecule has 5 aromatic rings. The third-order valence-corrected chi connectivity index (χ3v) is 4.81. The van der Waals surface area contributed by atoms with Gasteiger partial charge in [0.2, 0.25) is 17.4 Å². The standard InChI is InChI=1S/C21H11F5N6O/c22-12-5-10(33-19-16(25)13(23)6-14(24)17(19)26)1-2-11(12)18-15-20(27)29-8-30-21(15)32(31-18)9-3-4-28-7-9/h1-8,28H,(H2,27,29,30). The van der Waals surface area contributed by atoms with E-state index in [-0.39, 0.29) is 28.5 Å². The molecule has 7 nitrogen and oxygen atoms in total. The predicted octanol–water partition coefficient (Wildman–Crippen LogP) is 4.88. The molecule has 2 aromatic carbocycles. The summed E-state index contributed by atoms with van der Waals surface area (Å²) in [4.78, 5) is 11.0. The van der Waals surface area contributed by atoms with Crippen molar-refractivity contribution in [3.05, 3.63) is 78.1 Å². The highest BCUT2D eigenvalue weighted by atomic mass is 19.2. The van der Waals surface area contributed by atoms with E-state index in [9.17, 15) is 17.6 Å². The maximum atomic E-state index is 15.1. The average Bonchev–Trinajstić information content (AvgIpc) is 3.44. The minimum atomic E-state index is -1.75. The number of fused-ring (bicyclic) bond motifs is 1. The van der Waals surface area contributed by atoms with E-state index in [2.05, 4.69) is 20.1 Å². The van der Waals surface area contributed by atoms with Gasteiger partial charge in [-0.05, 0) is 18.2 Å².